The highest BCUT2D eigenvalue weighted by atomic mass is 32.1. The first-order chi connectivity index (χ1) is 12.7. The SMILES string of the molecule is Nc1ccc(C#CCCc2nnc(NC(=O)Cc3ccccn3)s2)nn1. The number of anilines is 2. The molecule has 0 bridgehead atoms. The Labute approximate surface area is 153 Å². The van der Waals surface area contributed by atoms with Gasteiger partial charge in [0.2, 0.25) is 11.0 Å². The van der Waals surface area contributed by atoms with Gasteiger partial charge in [-0.15, -0.1) is 20.4 Å². The Bertz CT molecular complexity index is 929. The Kier molecular flexibility index (Phi) is 5.80. The number of nitrogen functional groups attached to an aromatic ring is 1. The molecule has 0 saturated carbocycles. The van der Waals surface area contributed by atoms with Gasteiger partial charge in [0.15, 0.2) is 0 Å². The zero-order valence-corrected chi connectivity index (χ0v) is 14.5. The van der Waals surface area contributed by atoms with Gasteiger partial charge >= 0.3 is 0 Å². The highest BCUT2D eigenvalue weighted by molar-refractivity contribution is 7.15. The molecule has 0 fully saturated rings. The third kappa shape index (κ3) is 5.32. The number of nitrogens with zero attached hydrogens (tertiary/aromatic N) is 5. The Morgan fingerprint density at radius 1 is 1.15 bits per heavy atom. The minimum absolute atomic E-state index is 0.173. The van der Waals surface area contributed by atoms with Gasteiger partial charge in [0.25, 0.3) is 0 Å². The van der Waals surface area contributed by atoms with Crippen LogP contribution in [0, 0.1) is 11.8 Å². The number of rotatable bonds is 5. The lowest BCUT2D eigenvalue weighted by atomic mass is 10.2. The third-order valence-electron chi connectivity index (χ3n) is 3.15. The number of aryl methyl sites for hydroxylation is 1. The average molecular weight is 365 g/mol. The van der Waals surface area contributed by atoms with Gasteiger partial charge in [-0.05, 0) is 30.2 Å². The molecule has 0 aliphatic heterocycles. The monoisotopic (exact) mass is 365 g/mol. The summed E-state index contributed by atoms with van der Waals surface area (Å²) in [7, 11) is 0. The molecule has 3 N–H and O–H groups in total. The second kappa shape index (κ2) is 8.64. The predicted molar refractivity (Wildman–Crippen MR) is 98.1 cm³/mol. The standard InChI is InChI=1S/C17H15N7OS/c18-14-9-8-12(21-22-14)5-1-2-7-16-23-24-17(26-16)20-15(25)11-13-6-3-4-10-19-13/h3-4,6,8-10H,2,7,11H2,(H2,18,22)(H,20,24,25). The lowest BCUT2D eigenvalue weighted by Crippen LogP contribution is -2.14. The van der Waals surface area contributed by atoms with Gasteiger partial charge in [0.1, 0.15) is 16.5 Å². The van der Waals surface area contributed by atoms with Crippen molar-refractivity contribution in [2.75, 3.05) is 11.1 Å². The Morgan fingerprint density at radius 2 is 2.08 bits per heavy atom. The van der Waals surface area contributed by atoms with E-state index >= 15 is 0 Å². The average Bonchev–Trinajstić information content (AvgIpc) is 3.08. The van der Waals surface area contributed by atoms with Crippen molar-refractivity contribution < 1.29 is 4.79 Å². The lowest BCUT2D eigenvalue weighted by Gasteiger charge is -1.99. The van der Waals surface area contributed by atoms with E-state index in [0.717, 1.165) is 5.01 Å². The number of hydrogen-bond donors (Lipinski definition) is 2. The predicted octanol–water partition coefficient (Wildman–Crippen LogP) is 1.47. The van der Waals surface area contributed by atoms with Gasteiger partial charge in [-0.1, -0.05) is 23.3 Å². The van der Waals surface area contributed by atoms with Crippen molar-refractivity contribution in [3.05, 3.63) is 52.9 Å². The zero-order valence-electron chi connectivity index (χ0n) is 13.7. The minimum Gasteiger partial charge on any atom is -0.382 e. The van der Waals surface area contributed by atoms with Crippen LogP contribution in [0.15, 0.2) is 36.5 Å². The summed E-state index contributed by atoms with van der Waals surface area (Å²) in [6.45, 7) is 0. The van der Waals surface area contributed by atoms with E-state index in [1.165, 1.54) is 11.3 Å². The second-order valence-corrected chi connectivity index (χ2v) is 6.25. The van der Waals surface area contributed by atoms with E-state index in [4.69, 9.17) is 5.73 Å². The molecule has 3 heterocycles. The fourth-order valence-electron chi connectivity index (χ4n) is 1.97. The smallest absolute Gasteiger partial charge is 0.232 e. The fraction of sp³-hybridized carbons (Fsp3) is 0.176. The van der Waals surface area contributed by atoms with Crippen molar-refractivity contribution in [2.45, 2.75) is 19.3 Å². The molecule has 1 amide bonds. The number of carbonyl (C=O) groups is 1. The first-order valence-corrected chi connectivity index (χ1v) is 8.61. The van der Waals surface area contributed by atoms with Gasteiger partial charge in [-0.3, -0.25) is 9.78 Å². The Morgan fingerprint density at radius 3 is 2.85 bits per heavy atom. The van der Waals surface area contributed by atoms with E-state index in [0.29, 0.717) is 35.2 Å². The van der Waals surface area contributed by atoms with Gasteiger partial charge in [-0.25, -0.2) is 0 Å². The number of amides is 1. The van der Waals surface area contributed by atoms with Crippen molar-refractivity contribution in [1.29, 1.82) is 0 Å². The molecule has 26 heavy (non-hydrogen) atoms. The van der Waals surface area contributed by atoms with Crippen LogP contribution >= 0.6 is 11.3 Å². The number of pyridine rings is 1. The Hall–Kier alpha value is -3.38. The van der Waals surface area contributed by atoms with Crippen molar-refractivity contribution in [2.24, 2.45) is 0 Å². The largest absolute Gasteiger partial charge is 0.382 e. The number of hydrogen-bond acceptors (Lipinski definition) is 8. The molecular weight excluding hydrogens is 350 g/mol. The molecule has 130 valence electrons. The summed E-state index contributed by atoms with van der Waals surface area (Å²) in [6.07, 6.45) is 3.10. The maximum absolute atomic E-state index is 12.0. The highest BCUT2D eigenvalue weighted by Crippen LogP contribution is 2.16. The third-order valence-corrected chi connectivity index (χ3v) is 4.04. The molecule has 0 atom stereocenters. The molecule has 9 heteroatoms. The van der Waals surface area contributed by atoms with Crippen LogP contribution in [0.1, 0.15) is 22.8 Å². The number of carbonyl (C=O) groups excluding carboxylic acids is 1. The molecule has 3 rings (SSSR count). The molecule has 0 spiro atoms. The van der Waals surface area contributed by atoms with Crippen LogP contribution in [0.4, 0.5) is 10.9 Å². The first kappa shape index (κ1) is 17.4. The molecule has 0 aliphatic carbocycles. The normalized spacial score (nSPS) is 10.0. The molecule has 3 aromatic rings. The van der Waals surface area contributed by atoms with Crippen LogP contribution in [0.2, 0.25) is 0 Å². The number of nitrogens with one attached hydrogen (secondary N) is 1. The molecule has 0 aromatic carbocycles. The quantitative estimate of drug-likeness (QED) is 0.657. The van der Waals surface area contributed by atoms with Crippen molar-refractivity contribution in [1.82, 2.24) is 25.4 Å². The summed E-state index contributed by atoms with van der Waals surface area (Å²) < 4.78 is 0. The van der Waals surface area contributed by atoms with Crippen molar-refractivity contribution in [3.8, 4) is 11.8 Å². The lowest BCUT2D eigenvalue weighted by molar-refractivity contribution is -0.115. The fourth-order valence-corrected chi connectivity index (χ4v) is 2.72. The van der Waals surface area contributed by atoms with E-state index < -0.39 is 0 Å². The van der Waals surface area contributed by atoms with E-state index in [-0.39, 0.29) is 12.3 Å². The van der Waals surface area contributed by atoms with Crippen LogP contribution in [-0.2, 0) is 17.6 Å². The summed E-state index contributed by atoms with van der Waals surface area (Å²) in [5.74, 6) is 6.10. The highest BCUT2D eigenvalue weighted by Gasteiger charge is 2.09. The number of aromatic nitrogens is 5. The molecule has 0 aliphatic rings. The van der Waals surface area contributed by atoms with Crippen LogP contribution in [0.3, 0.4) is 0 Å². The molecule has 0 radical (unpaired) electrons. The van der Waals surface area contributed by atoms with Crippen LogP contribution in [0.25, 0.3) is 0 Å². The van der Waals surface area contributed by atoms with Crippen molar-refractivity contribution >= 4 is 28.2 Å². The van der Waals surface area contributed by atoms with Crippen LogP contribution < -0.4 is 11.1 Å². The molecule has 8 nitrogen and oxygen atoms in total. The minimum atomic E-state index is -0.173. The Balaban J connectivity index is 1.47. The van der Waals surface area contributed by atoms with Gasteiger partial charge in [-0.2, -0.15) is 0 Å². The molecular formula is C17H15N7OS. The van der Waals surface area contributed by atoms with E-state index in [9.17, 15) is 4.79 Å². The number of nitrogens with two attached hydrogens (primary N) is 1. The van der Waals surface area contributed by atoms with Crippen LogP contribution in [0.5, 0.6) is 0 Å². The van der Waals surface area contributed by atoms with E-state index in [1.54, 1.807) is 30.5 Å². The van der Waals surface area contributed by atoms with Gasteiger partial charge in [0.05, 0.1) is 6.42 Å². The topological polar surface area (TPSA) is 120 Å². The summed E-state index contributed by atoms with van der Waals surface area (Å²) in [4.78, 5) is 16.1. The van der Waals surface area contributed by atoms with E-state index in [2.05, 4.69) is 42.5 Å². The first-order valence-electron chi connectivity index (χ1n) is 7.79. The summed E-state index contributed by atoms with van der Waals surface area (Å²) >= 11 is 1.33. The molecule has 0 unspecified atom stereocenters. The molecule has 0 saturated heterocycles. The zero-order chi connectivity index (χ0) is 18.2. The van der Waals surface area contributed by atoms with E-state index in [1.807, 2.05) is 6.07 Å². The van der Waals surface area contributed by atoms with Crippen LogP contribution in [-0.4, -0.2) is 31.3 Å². The van der Waals surface area contributed by atoms with Gasteiger partial charge in [0, 0.05) is 24.7 Å². The summed E-state index contributed by atoms with van der Waals surface area (Å²) in [5.41, 5.74) is 6.74. The summed E-state index contributed by atoms with van der Waals surface area (Å²) in [5, 5.41) is 19.6. The summed E-state index contributed by atoms with van der Waals surface area (Å²) in [6, 6.07) is 8.82. The maximum atomic E-state index is 12.0. The maximum Gasteiger partial charge on any atom is 0.232 e. The second-order valence-electron chi connectivity index (χ2n) is 5.19. The van der Waals surface area contributed by atoms with Crippen molar-refractivity contribution in [3.63, 3.8) is 0 Å². The van der Waals surface area contributed by atoms with Gasteiger partial charge < -0.3 is 11.1 Å². The molecule has 3 aromatic heterocycles.